The first-order chi connectivity index (χ1) is 17.1. The lowest BCUT2D eigenvalue weighted by Gasteiger charge is -2.44. The summed E-state index contributed by atoms with van der Waals surface area (Å²) in [5.74, 6) is 1.82. The van der Waals surface area contributed by atoms with Crippen molar-refractivity contribution in [1.29, 1.82) is 0 Å². The Balaban J connectivity index is 1.22. The molecule has 3 saturated heterocycles. The highest BCUT2D eigenvalue weighted by Gasteiger charge is 2.35. The van der Waals surface area contributed by atoms with E-state index >= 15 is 0 Å². The number of carbonyl (C=O) groups is 2. The number of fused-ring (bicyclic) bond motifs is 4. The van der Waals surface area contributed by atoms with Crippen molar-refractivity contribution >= 4 is 38.8 Å². The van der Waals surface area contributed by atoms with Gasteiger partial charge in [0.25, 0.3) is 0 Å². The highest BCUT2D eigenvalue weighted by atomic mass is 32.1. The molecular formula is C30H34N2O2S. The number of carbonyl (C=O) groups excluding carboxylic acids is 2. The molecule has 2 bridgehead atoms. The Bertz CT molecular complexity index is 1230. The summed E-state index contributed by atoms with van der Waals surface area (Å²) in [6.45, 7) is 3.51. The molecule has 5 heteroatoms. The van der Waals surface area contributed by atoms with Gasteiger partial charge in [0.05, 0.1) is 4.88 Å². The van der Waals surface area contributed by atoms with Crippen molar-refractivity contribution in [2.24, 2.45) is 17.8 Å². The van der Waals surface area contributed by atoms with Crippen molar-refractivity contribution in [3.63, 3.8) is 0 Å². The Morgan fingerprint density at radius 1 is 0.943 bits per heavy atom. The van der Waals surface area contributed by atoms with E-state index in [1.54, 1.807) is 11.3 Å². The second kappa shape index (κ2) is 9.87. The fourth-order valence-electron chi connectivity index (χ4n) is 6.46. The number of anilines is 1. The lowest BCUT2D eigenvalue weighted by molar-refractivity contribution is -0.120. The number of amides is 1. The third-order valence-corrected chi connectivity index (χ3v) is 9.70. The molecule has 1 aliphatic carbocycles. The van der Waals surface area contributed by atoms with Crippen LogP contribution in [0.3, 0.4) is 0 Å². The minimum absolute atomic E-state index is 0.137. The number of nitrogens with zero attached hydrogens (tertiary/aromatic N) is 1. The van der Waals surface area contributed by atoms with Gasteiger partial charge in [0.2, 0.25) is 5.91 Å². The van der Waals surface area contributed by atoms with Crippen LogP contribution in [0.4, 0.5) is 5.69 Å². The van der Waals surface area contributed by atoms with Gasteiger partial charge < -0.3 is 10.2 Å². The number of ketones is 1. The lowest BCUT2D eigenvalue weighted by Crippen LogP contribution is -2.47. The molecule has 182 valence electrons. The maximum absolute atomic E-state index is 13.3. The van der Waals surface area contributed by atoms with Crippen LogP contribution in [-0.2, 0) is 4.79 Å². The maximum Gasteiger partial charge on any atom is 0.227 e. The van der Waals surface area contributed by atoms with E-state index in [9.17, 15) is 9.59 Å². The van der Waals surface area contributed by atoms with Crippen LogP contribution in [0.15, 0.2) is 48.5 Å². The predicted molar refractivity (Wildman–Crippen MR) is 144 cm³/mol. The molecule has 0 unspecified atom stereocenters. The molecule has 4 heterocycles. The topological polar surface area (TPSA) is 49.4 Å². The molecule has 4 nitrogen and oxygen atoms in total. The highest BCUT2D eigenvalue weighted by Crippen LogP contribution is 2.39. The number of Topliss-reactive ketones (excluding diaryl/α,β-unsaturated/α-hetero) is 1. The molecule has 3 aromatic rings. The van der Waals surface area contributed by atoms with Gasteiger partial charge in [-0.25, -0.2) is 0 Å². The van der Waals surface area contributed by atoms with Crippen LogP contribution in [-0.4, -0.2) is 36.2 Å². The second-order valence-corrected chi connectivity index (χ2v) is 11.8. The number of hydrogen-bond donors (Lipinski definition) is 1. The van der Waals surface area contributed by atoms with Gasteiger partial charge in [-0.3, -0.25) is 9.59 Å². The number of hydrogen-bond acceptors (Lipinski definition) is 4. The SMILES string of the molecule is O=C(C[C@H]1CN2CCC1CC2)c1cc2cccc(-c3cccc(NC(=O)C4CCCCC4)c3)c2s1. The molecule has 3 aliphatic heterocycles. The van der Waals surface area contributed by atoms with Gasteiger partial charge in [-0.15, -0.1) is 11.3 Å². The Morgan fingerprint density at radius 3 is 2.51 bits per heavy atom. The van der Waals surface area contributed by atoms with Crippen LogP contribution in [0.5, 0.6) is 0 Å². The average Bonchev–Trinajstić information content (AvgIpc) is 3.35. The number of nitrogens with one attached hydrogen (secondary N) is 1. The molecule has 0 radical (unpaired) electrons. The summed E-state index contributed by atoms with van der Waals surface area (Å²) in [6, 6.07) is 16.5. The first-order valence-electron chi connectivity index (χ1n) is 13.3. The molecular weight excluding hydrogens is 452 g/mol. The van der Waals surface area contributed by atoms with Gasteiger partial charge in [0.1, 0.15) is 0 Å². The van der Waals surface area contributed by atoms with Crippen molar-refractivity contribution in [1.82, 2.24) is 4.90 Å². The van der Waals surface area contributed by atoms with Crippen molar-refractivity contribution < 1.29 is 9.59 Å². The zero-order chi connectivity index (χ0) is 23.8. The molecule has 7 rings (SSSR count). The third kappa shape index (κ3) is 4.81. The Kier molecular flexibility index (Phi) is 6.46. The lowest BCUT2D eigenvalue weighted by atomic mass is 9.76. The summed E-state index contributed by atoms with van der Waals surface area (Å²) < 4.78 is 1.15. The maximum atomic E-state index is 13.3. The van der Waals surface area contributed by atoms with Crippen molar-refractivity contribution in [3.05, 3.63) is 53.4 Å². The van der Waals surface area contributed by atoms with Crippen molar-refractivity contribution in [2.45, 2.75) is 51.4 Å². The van der Waals surface area contributed by atoms with E-state index < -0.39 is 0 Å². The molecule has 35 heavy (non-hydrogen) atoms. The summed E-state index contributed by atoms with van der Waals surface area (Å²) in [7, 11) is 0. The monoisotopic (exact) mass is 486 g/mol. The van der Waals surface area contributed by atoms with Crippen LogP contribution in [0.2, 0.25) is 0 Å². The predicted octanol–water partition coefficient (Wildman–Crippen LogP) is 7.00. The van der Waals surface area contributed by atoms with E-state index in [-0.39, 0.29) is 11.8 Å². The van der Waals surface area contributed by atoms with Crippen LogP contribution in [0.1, 0.15) is 61.0 Å². The summed E-state index contributed by atoms with van der Waals surface area (Å²) in [4.78, 5) is 29.5. The minimum atomic E-state index is 0.137. The van der Waals surface area contributed by atoms with Gasteiger partial charge in [0, 0.05) is 29.3 Å². The summed E-state index contributed by atoms with van der Waals surface area (Å²) in [5.41, 5.74) is 3.06. The minimum Gasteiger partial charge on any atom is -0.326 e. The van der Waals surface area contributed by atoms with Crippen molar-refractivity contribution in [3.8, 4) is 11.1 Å². The second-order valence-electron chi connectivity index (χ2n) is 10.8. The van der Waals surface area contributed by atoms with Gasteiger partial charge >= 0.3 is 0 Å². The fourth-order valence-corrected chi connectivity index (χ4v) is 7.60. The first-order valence-corrected chi connectivity index (χ1v) is 14.1. The fraction of sp³-hybridized carbons (Fsp3) is 0.467. The molecule has 1 atom stereocenters. The normalized spacial score (nSPS) is 24.5. The third-order valence-electron chi connectivity index (χ3n) is 8.48. The Morgan fingerprint density at radius 2 is 1.74 bits per heavy atom. The van der Waals surface area contributed by atoms with E-state index in [1.807, 2.05) is 12.1 Å². The van der Waals surface area contributed by atoms with Crippen molar-refractivity contribution in [2.75, 3.05) is 25.0 Å². The van der Waals surface area contributed by atoms with E-state index in [1.165, 1.54) is 32.4 Å². The molecule has 0 spiro atoms. The number of piperidine rings is 3. The molecule has 1 saturated carbocycles. The number of rotatable bonds is 6. The van der Waals surface area contributed by atoms with Gasteiger partial charge in [0.15, 0.2) is 5.78 Å². The van der Waals surface area contributed by atoms with Gasteiger partial charge in [-0.1, -0.05) is 49.6 Å². The molecule has 4 fully saturated rings. The van der Waals surface area contributed by atoms with Gasteiger partial charge in [-0.05, 0) is 85.3 Å². The van der Waals surface area contributed by atoms with E-state index in [0.717, 1.165) is 69.9 Å². The van der Waals surface area contributed by atoms with Crippen LogP contribution in [0.25, 0.3) is 21.2 Å². The molecule has 2 aromatic carbocycles. The molecule has 1 N–H and O–H groups in total. The summed E-state index contributed by atoms with van der Waals surface area (Å²) in [5, 5.41) is 4.28. The standard InChI is InChI=1S/C30H34N2O2S/c33-27(17-24-19-32-14-12-20(24)13-15-32)28-18-23-9-5-11-26(29(23)35-28)22-8-4-10-25(16-22)31-30(34)21-6-2-1-3-7-21/h4-5,8-11,16,18,20-21,24H,1-3,6-7,12-15,17,19H2,(H,31,34)/t24-/m0/s1. The Hall–Kier alpha value is -2.50. The highest BCUT2D eigenvalue weighted by molar-refractivity contribution is 7.21. The molecule has 1 amide bonds. The average molecular weight is 487 g/mol. The summed E-state index contributed by atoms with van der Waals surface area (Å²) >= 11 is 1.63. The van der Waals surface area contributed by atoms with E-state index in [0.29, 0.717) is 18.1 Å². The Labute approximate surface area is 211 Å². The molecule has 1 aromatic heterocycles. The van der Waals surface area contributed by atoms with Crippen LogP contribution in [0, 0.1) is 17.8 Å². The van der Waals surface area contributed by atoms with Crippen LogP contribution >= 0.6 is 11.3 Å². The number of thiophene rings is 1. The number of benzene rings is 2. The molecule has 4 aliphatic rings. The summed E-state index contributed by atoms with van der Waals surface area (Å²) in [6.07, 6.45) is 8.72. The van der Waals surface area contributed by atoms with E-state index in [4.69, 9.17) is 0 Å². The zero-order valence-electron chi connectivity index (χ0n) is 20.3. The smallest absolute Gasteiger partial charge is 0.227 e. The van der Waals surface area contributed by atoms with Crippen LogP contribution < -0.4 is 5.32 Å². The van der Waals surface area contributed by atoms with Gasteiger partial charge in [-0.2, -0.15) is 0 Å². The first kappa shape index (κ1) is 22.9. The quantitative estimate of drug-likeness (QED) is 0.382. The zero-order valence-corrected chi connectivity index (χ0v) is 21.1. The largest absolute Gasteiger partial charge is 0.326 e. The van der Waals surface area contributed by atoms with E-state index in [2.05, 4.69) is 46.6 Å².